The van der Waals surface area contributed by atoms with E-state index < -0.39 is 0 Å². The minimum atomic E-state index is 0.655. The smallest absolute Gasteiger partial charge is 0.133 e. The highest BCUT2D eigenvalue weighted by Gasteiger charge is 2.10. The summed E-state index contributed by atoms with van der Waals surface area (Å²) in [6.45, 7) is 3.56. The van der Waals surface area contributed by atoms with Gasteiger partial charge in [-0.15, -0.1) is 0 Å². The second kappa shape index (κ2) is 7.40. The number of benzene rings is 2. The van der Waals surface area contributed by atoms with E-state index in [0.717, 1.165) is 46.7 Å². The average Bonchev–Trinajstić information content (AvgIpc) is 2.62. The molecule has 0 amide bonds. The number of nitrogen functional groups attached to an aromatic ring is 1. The van der Waals surface area contributed by atoms with Gasteiger partial charge in [0.05, 0.1) is 7.11 Å². The number of methoxy groups -OCH3 is 1. The van der Waals surface area contributed by atoms with Crippen LogP contribution in [-0.2, 0) is 0 Å². The molecule has 1 heterocycles. The molecule has 0 aliphatic rings. The number of ether oxygens (including phenoxy) is 1. The first kappa shape index (κ1) is 17.0. The van der Waals surface area contributed by atoms with E-state index in [-0.39, 0.29) is 0 Å². The molecule has 1 aromatic heterocycles. The Morgan fingerprint density at radius 1 is 1.12 bits per heavy atom. The summed E-state index contributed by atoms with van der Waals surface area (Å²) >= 11 is 0. The fourth-order valence-corrected chi connectivity index (χ4v) is 2.99. The fourth-order valence-electron chi connectivity index (χ4n) is 2.99. The van der Waals surface area contributed by atoms with Crippen LogP contribution in [0.2, 0.25) is 0 Å². The summed E-state index contributed by atoms with van der Waals surface area (Å²) in [5.41, 5.74) is 15.7. The van der Waals surface area contributed by atoms with E-state index in [1.807, 2.05) is 30.5 Å². The maximum Gasteiger partial charge on any atom is 0.133 e. The van der Waals surface area contributed by atoms with Crippen molar-refractivity contribution in [1.82, 2.24) is 4.98 Å². The molecule has 0 radical (unpaired) electrons. The summed E-state index contributed by atoms with van der Waals surface area (Å²) in [5.74, 6) is 1.66. The van der Waals surface area contributed by atoms with E-state index in [1.54, 1.807) is 7.11 Å². The third-order valence-corrected chi connectivity index (χ3v) is 4.33. The highest BCUT2D eigenvalue weighted by molar-refractivity contribution is 5.98. The lowest BCUT2D eigenvalue weighted by molar-refractivity contribution is 0.415. The number of nitrogens with two attached hydrogens (primary N) is 2. The van der Waals surface area contributed by atoms with Gasteiger partial charge in [0.15, 0.2) is 0 Å². The number of nitrogens with zero attached hydrogens (tertiary/aromatic N) is 1. The van der Waals surface area contributed by atoms with Crippen LogP contribution in [-0.4, -0.2) is 25.2 Å². The Kier molecular flexibility index (Phi) is 5.05. The monoisotopic (exact) mass is 336 g/mol. The predicted octanol–water partition coefficient (Wildman–Crippen LogP) is 3.56. The molecule has 0 atom stereocenters. The van der Waals surface area contributed by atoms with Crippen molar-refractivity contribution in [1.29, 1.82) is 0 Å². The number of fused-ring (bicyclic) bond motifs is 1. The van der Waals surface area contributed by atoms with Crippen molar-refractivity contribution < 1.29 is 4.74 Å². The Morgan fingerprint density at radius 3 is 2.72 bits per heavy atom. The molecule has 25 heavy (non-hydrogen) atoms. The number of pyridine rings is 1. The normalized spacial score (nSPS) is 10.8. The van der Waals surface area contributed by atoms with Crippen LogP contribution in [0, 0.1) is 6.92 Å². The van der Waals surface area contributed by atoms with E-state index >= 15 is 0 Å². The number of aromatic nitrogens is 1. The second-order valence-electron chi connectivity index (χ2n) is 6.07. The molecule has 0 aliphatic carbocycles. The molecule has 0 fully saturated rings. The number of aryl methyl sites for hydroxylation is 1. The molecule has 5 heteroatoms. The van der Waals surface area contributed by atoms with E-state index in [1.165, 1.54) is 10.9 Å². The Morgan fingerprint density at radius 2 is 1.96 bits per heavy atom. The molecule has 0 aliphatic heterocycles. The molecular weight excluding hydrogens is 312 g/mol. The first-order valence-electron chi connectivity index (χ1n) is 8.41. The zero-order valence-corrected chi connectivity index (χ0v) is 14.7. The molecule has 0 saturated heterocycles. The van der Waals surface area contributed by atoms with Gasteiger partial charge in [0.2, 0.25) is 0 Å². The SMILES string of the molecule is COc1ccc(N)c(-c2cc(C)c3ccnc(NCCCN)c3c2)c1. The molecule has 3 rings (SSSR count). The highest BCUT2D eigenvalue weighted by Crippen LogP contribution is 2.35. The van der Waals surface area contributed by atoms with Gasteiger partial charge in [-0.3, -0.25) is 0 Å². The van der Waals surface area contributed by atoms with Crippen LogP contribution in [0.5, 0.6) is 5.75 Å². The molecule has 0 saturated carbocycles. The van der Waals surface area contributed by atoms with Gasteiger partial charge in [0.1, 0.15) is 11.6 Å². The molecule has 5 nitrogen and oxygen atoms in total. The van der Waals surface area contributed by atoms with Crippen molar-refractivity contribution >= 4 is 22.3 Å². The van der Waals surface area contributed by atoms with E-state index in [4.69, 9.17) is 16.2 Å². The van der Waals surface area contributed by atoms with E-state index in [0.29, 0.717) is 6.54 Å². The number of hydrogen-bond donors (Lipinski definition) is 3. The Bertz CT molecular complexity index is 892. The van der Waals surface area contributed by atoms with Crippen LogP contribution in [0.1, 0.15) is 12.0 Å². The van der Waals surface area contributed by atoms with Crippen LogP contribution in [0.4, 0.5) is 11.5 Å². The maximum absolute atomic E-state index is 6.21. The highest BCUT2D eigenvalue weighted by atomic mass is 16.5. The molecule has 2 aromatic carbocycles. The number of hydrogen-bond acceptors (Lipinski definition) is 5. The van der Waals surface area contributed by atoms with Crippen LogP contribution in [0.25, 0.3) is 21.9 Å². The van der Waals surface area contributed by atoms with Crippen LogP contribution < -0.4 is 21.5 Å². The summed E-state index contributed by atoms with van der Waals surface area (Å²) in [6.07, 6.45) is 2.74. The minimum Gasteiger partial charge on any atom is -0.497 e. The molecule has 0 unspecified atom stereocenters. The number of rotatable bonds is 6. The van der Waals surface area contributed by atoms with Crippen molar-refractivity contribution in [3.8, 4) is 16.9 Å². The predicted molar refractivity (Wildman–Crippen MR) is 105 cm³/mol. The summed E-state index contributed by atoms with van der Waals surface area (Å²) in [6, 6.07) is 12.0. The molecule has 5 N–H and O–H groups in total. The lowest BCUT2D eigenvalue weighted by Gasteiger charge is -2.14. The summed E-state index contributed by atoms with van der Waals surface area (Å²) in [5, 5.41) is 5.64. The standard InChI is InChI=1S/C20H24N4O/c1-13-10-14(17-12-15(25-2)4-5-19(17)22)11-18-16(13)6-9-24-20(18)23-8-3-7-21/h4-6,9-12H,3,7-8,21-22H2,1-2H3,(H,23,24). The van der Waals surface area contributed by atoms with Crippen molar-refractivity contribution in [2.75, 3.05) is 31.2 Å². The van der Waals surface area contributed by atoms with E-state index in [9.17, 15) is 0 Å². The molecule has 130 valence electrons. The van der Waals surface area contributed by atoms with Crippen LogP contribution in [0.15, 0.2) is 42.6 Å². The third-order valence-electron chi connectivity index (χ3n) is 4.33. The third kappa shape index (κ3) is 3.51. The number of anilines is 2. The fraction of sp³-hybridized carbons (Fsp3) is 0.250. The quantitative estimate of drug-likeness (QED) is 0.473. The average molecular weight is 336 g/mol. The molecule has 0 spiro atoms. The Balaban J connectivity index is 2.13. The summed E-state index contributed by atoms with van der Waals surface area (Å²) in [7, 11) is 1.66. The van der Waals surface area contributed by atoms with Gasteiger partial charge in [0.25, 0.3) is 0 Å². The summed E-state index contributed by atoms with van der Waals surface area (Å²) in [4.78, 5) is 4.50. The lowest BCUT2D eigenvalue weighted by atomic mass is 9.97. The van der Waals surface area contributed by atoms with Gasteiger partial charge in [-0.1, -0.05) is 6.07 Å². The molecular formula is C20H24N4O. The first-order chi connectivity index (χ1) is 12.1. The largest absolute Gasteiger partial charge is 0.497 e. The van der Waals surface area contributed by atoms with E-state index in [2.05, 4.69) is 29.4 Å². The zero-order valence-electron chi connectivity index (χ0n) is 14.7. The van der Waals surface area contributed by atoms with Crippen molar-refractivity contribution in [2.24, 2.45) is 5.73 Å². The molecule has 3 aromatic rings. The van der Waals surface area contributed by atoms with Gasteiger partial charge >= 0.3 is 0 Å². The summed E-state index contributed by atoms with van der Waals surface area (Å²) < 4.78 is 5.35. The van der Waals surface area contributed by atoms with Gasteiger partial charge in [-0.25, -0.2) is 4.98 Å². The van der Waals surface area contributed by atoms with Gasteiger partial charge in [-0.2, -0.15) is 0 Å². The second-order valence-corrected chi connectivity index (χ2v) is 6.07. The maximum atomic E-state index is 6.21. The topological polar surface area (TPSA) is 86.2 Å². The Hall–Kier alpha value is -2.79. The molecule has 0 bridgehead atoms. The first-order valence-corrected chi connectivity index (χ1v) is 8.41. The van der Waals surface area contributed by atoms with Crippen LogP contribution >= 0.6 is 0 Å². The van der Waals surface area contributed by atoms with Gasteiger partial charge in [-0.05, 0) is 66.7 Å². The van der Waals surface area contributed by atoms with Crippen molar-refractivity contribution in [3.05, 3.63) is 48.2 Å². The number of nitrogens with one attached hydrogen (secondary N) is 1. The minimum absolute atomic E-state index is 0.655. The van der Waals surface area contributed by atoms with Crippen LogP contribution in [0.3, 0.4) is 0 Å². The lowest BCUT2D eigenvalue weighted by Crippen LogP contribution is -2.09. The van der Waals surface area contributed by atoms with Gasteiger partial charge < -0.3 is 21.5 Å². The van der Waals surface area contributed by atoms with Gasteiger partial charge in [0, 0.05) is 29.4 Å². The van der Waals surface area contributed by atoms with Crippen molar-refractivity contribution in [2.45, 2.75) is 13.3 Å². The Labute approximate surface area is 148 Å². The zero-order chi connectivity index (χ0) is 17.8. The van der Waals surface area contributed by atoms with Crippen molar-refractivity contribution in [3.63, 3.8) is 0 Å².